The van der Waals surface area contributed by atoms with Gasteiger partial charge in [-0.15, -0.1) is 0 Å². The Hall–Kier alpha value is -1.85. The van der Waals surface area contributed by atoms with E-state index in [0.29, 0.717) is 12.0 Å². The van der Waals surface area contributed by atoms with E-state index in [-0.39, 0.29) is 12.8 Å². The molecule has 0 radical (unpaired) electrons. The summed E-state index contributed by atoms with van der Waals surface area (Å²) in [6, 6.07) is 8.94. The van der Waals surface area contributed by atoms with Crippen LogP contribution in [-0.2, 0) is 16.0 Å². The lowest BCUT2D eigenvalue weighted by Gasteiger charge is -2.49. The van der Waals surface area contributed by atoms with E-state index in [1.54, 1.807) is 0 Å². The summed E-state index contributed by atoms with van der Waals surface area (Å²) >= 11 is 0. The molecule has 3 atom stereocenters. The number of benzene rings is 1. The monoisotopic (exact) mass is 325 g/mol. The summed E-state index contributed by atoms with van der Waals surface area (Å²) in [5, 5.41) is 12.2. The summed E-state index contributed by atoms with van der Waals surface area (Å²) in [6.07, 6.45) is 4.19. The van der Waals surface area contributed by atoms with Crippen LogP contribution in [0.2, 0.25) is 0 Å². The fourth-order valence-electron chi connectivity index (χ4n) is 5.22. The Labute approximate surface area is 140 Å². The lowest BCUT2D eigenvalue weighted by Crippen LogP contribution is -2.47. The van der Waals surface area contributed by atoms with Gasteiger partial charge in [0.25, 0.3) is 0 Å². The lowest BCUT2D eigenvalue weighted by molar-refractivity contribution is -0.311. The number of carbonyl (C=O) groups excluding carboxylic acids is 1. The van der Waals surface area contributed by atoms with Gasteiger partial charge in [0.1, 0.15) is 6.23 Å². The van der Waals surface area contributed by atoms with E-state index in [1.807, 2.05) is 0 Å². The summed E-state index contributed by atoms with van der Waals surface area (Å²) in [6.45, 7) is 1.96. The molecule has 0 spiro atoms. The van der Waals surface area contributed by atoms with Crippen molar-refractivity contribution in [2.45, 2.75) is 38.0 Å². The molecule has 0 saturated carbocycles. The molecule has 0 N–H and O–H groups in total. The van der Waals surface area contributed by atoms with Gasteiger partial charge in [0, 0.05) is 17.6 Å². The zero-order valence-electron chi connectivity index (χ0n) is 13.6. The standard InChI is InChI=1S/C19H22N2O3/c22-17(23)11-24-16-10-12-4-3-8-20-9-7-14-13-5-1-2-6-15(13)21(16)19(14)18(12)20/h1-2,5-6,12,16,18H,3-4,7-11H2,(H,22,23)/p-1. The topological polar surface area (TPSA) is 57.5 Å². The van der Waals surface area contributed by atoms with Gasteiger partial charge in [-0.25, -0.2) is 0 Å². The molecular weight excluding hydrogens is 304 g/mol. The quantitative estimate of drug-likeness (QED) is 0.860. The van der Waals surface area contributed by atoms with Crippen molar-refractivity contribution in [3.05, 3.63) is 35.5 Å². The summed E-state index contributed by atoms with van der Waals surface area (Å²) in [4.78, 5) is 13.5. The molecule has 2 aromatic rings. The highest BCUT2D eigenvalue weighted by atomic mass is 16.5. The molecule has 0 aliphatic carbocycles. The number of rotatable bonds is 3. The zero-order valence-corrected chi connectivity index (χ0v) is 13.6. The van der Waals surface area contributed by atoms with Gasteiger partial charge in [0.2, 0.25) is 0 Å². The summed E-state index contributed by atoms with van der Waals surface area (Å²) < 4.78 is 8.07. The number of para-hydroxylation sites is 1. The number of carboxylic acid groups (broad SMARTS) is 1. The Morgan fingerprint density at radius 2 is 2.17 bits per heavy atom. The van der Waals surface area contributed by atoms with E-state index in [9.17, 15) is 9.90 Å². The maximum Gasteiger partial charge on any atom is 0.135 e. The van der Waals surface area contributed by atoms with E-state index in [2.05, 4.69) is 33.7 Å². The zero-order chi connectivity index (χ0) is 16.3. The van der Waals surface area contributed by atoms with Crippen LogP contribution >= 0.6 is 0 Å². The number of aromatic nitrogens is 1. The molecule has 5 rings (SSSR count). The minimum Gasteiger partial charge on any atom is -0.548 e. The summed E-state index contributed by atoms with van der Waals surface area (Å²) in [7, 11) is 0. The van der Waals surface area contributed by atoms with Crippen LogP contribution < -0.4 is 5.11 Å². The molecule has 3 aliphatic rings. The van der Waals surface area contributed by atoms with E-state index in [1.165, 1.54) is 41.5 Å². The molecule has 1 fully saturated rings. The van der Waals surface area contributed by atoms with Crippen molar-refractivity contribution in [2.75, 3.05) is 19.7 Å². The molecule has 1 aromatic carbocycles. The van der Waals surface area contributed by atoms with Crippen LogP contribution in [0.1, 0.15) is 42.8 Å². The normalized spacial score (nSPS) is 28.8. The van der Waals surface area contributed by atoms with Gasteiger partial charge in [-0.2, -0.15) is 0 Å². The summed E-state index contributed by atoms with van der Waals surface area (Å²) in [5.74, 6) is -0.589. The SMILES string of the molecule is O=C([O-])COC1CC2CCCN3CCc4c(n1c1ccccc41)C23. The van der Waals surface area contributed by atoms with Gasteiger partial charge in [0.05, 0.1) is 24.1 Å². The molecule has 3 unspecified atom stereocenters. The van der Waals surface area contributed by atoms with Gasteiger partial charge in [-0.1, -0.05) is 18.2 Å². The average molecular weight is 325 g/mol. The van der Waals surface area contributed by atoms with Crippen LogP contribution in [0.25, 0.3) is 10.9 Å². The number of carboxylic acids is 1. The van der Waals surface area contributed by atoms with E-state index >= 15 is 0 Å². The van der Waals surface area contributed by atoms with Crippen LogP contribution in [0.5, 0.6) is 0 Å². The molecule has 4 heterocycles. The first-order valence-electron chi connectivity index (χ1n) is 8.91. The van der Waals surface area contributed by atoms with E-state index in [0.717, 1.165) is 19.4 Å². The van der Waals surface area contributed by atoms with Crippen LogP contribution in [0.4, 0.5) is 0 Å². The first-order chi connectivity index (χ1) is 11.7. The third kappa shape index (κ3) is 1.98. The molecule has 5 heteroatoms. The fraction of sp³-hybridized carbons (Fsp3) is 0.526. The number of hydrogen-bond donors (Lipinski definition) is 0. The molecule has 126 valence electrons. The third-order valence-corrected chi connectivity index (χ3v) is 6.03. The van der Waals surface area contributed by atoms with E-state index in [4.69, 9.17) is 4.74 Å². The van der Waals surface area contributed by atoms with Crippen molar-refractivity contribution in [1.82, 2.24) is 9.47 Å². The van der Waals surface area contributed by atoms with Crippen molar-refractivity contribution in [2.24, 2.45) is 5.92 Å². The minimum atomic E-state index is -1.15. The number of piperidine rings is 1. The van der Waals surface area contributed by atoms with Crippen LogP contribution in [0.15, 0.2) is 24.3 Å². The van der Waals surface area contributed by atoms with Gasteiger partial charge in [-0.3, -0.25) is 4.90 Å². The van der Waals surface area contributed by atoms with Gasteiger partial charge in [0.15, 0.2) is 0 Å². The lowest BCUT2D eigenvalue weighted by atomic mass is 9.78. The van der Waals surface area contributed by atoms with Crippen LogP contribution in [0, 0.1) is 5.92 Å². The van der Waals surface area contributed by atoms with Crippen molar-refractivity contribution in [1.29, 1.82) is 0 Å². The first kappa shape index (κ1) is 14.5. The maximum atomic E-state index is 10.9. The van der Waals surface area contributed by atoms with Crippen molar-refractivity contribution in [3.63, 3.8) is 0 Å². The van der Waals surface area contributed by atoms with E-state index < -0.39 is 5.97 Å². The fourth-order valence-corrected chi connectivity index (χ4v) is 5.22. The van der Waals surface area contributed by atoms with Crippen LogP contribution in [0.3, 0.4) is 0 Å². The van der Waals surface area contributed by atoms with Gasteiger partial charge < -0.3 is 19.2 Å². The molecule has 1 saturated heterocycles. The maximum absolute atomic E-state index is 10.9. The Kier molecular flexibility index (Phi) is 3.22. The third-order valence-electron chi connectivity index (χ3n) is 6.03. The second kappa shape index (κ2) is 5.33. The second-order valence-electron chi connectivity index (χ2n) is 7.26. The summed E-state index contributed by atoms with van der Waals surface area (Å²) in [5.41, 5.74) is 4.00. The first-order valence-corrected chi connectivity index (χ1v) is 8.91. The number of nitrogens with zero attached hydrogens (tertiary/aromatic N) is 2. The van der Waals surface area contributed by atoms with Crippen LogP contribution in [-0.4, -0.2) is 35.1 Å². The Balaban J connectivity index is 1.70. The highest BCUT2D eigenvalue weighted by Gasteiger charge is 2.45. The van der Waals surface area contributed by atoms with Gasteiger partial charge in [-0.05, 0) is 49.8 Å². The predicted octanol–water partition coefficient (Wildman–Crippen LogP) is 1.62. The highest BCUT2D eigenvalue weighted by Crippen LogP contribution is 2.51. The number of hydrogen-bond acceptors (Lipinski definition) is 4. The van der Waals surface area contributed by atoms with Crippen molar-refractivity contribution >= 4 is 16.9 Å². The minimum absolute atomic E-state index is 0.198. The molecular formula is C19H21N2O3-. The molecule has 1 aromatic heterocycles. The second-order valence-corrected chi connectivity index (χ2v) is 7.26. The van der Waals surface area contributed by atoms with Crippen molar-refractivity contribution < 1.29 is 14.6 Å². The molecule has 0 bridgehead atoms. The predicted molar refractivity (Wildman–Crippen MR) is 87.3 cm³/mol. The number of fused-ring (bicyclic) bond motifs is 3. The Bertz CT molecular complexity index is 812. The smallest absolute Gasteiger partial charge is 0.135 e. The number of ether oxygens (including phenoxy) is 1. The molecule has 5 nitrogen and oxygen atoms in total. The molecule has 24 heavy (non-hydrogen) atoms. The molecule has 3 aliphatic heterocycles. The Morgan fingerprint density at radius 3 is 3.04 bits per heavy atom. The van der Waals surface area contributed by atoms with Gasteiger partial charge >= 0.3 is 0 Å². The largest absolute Gasteiger partial charge is 0.548 e. The molecule has 0 amide bonds. The van der Waals surface area contributed by atoms with Crippen molar-refractivity contribution in [3.8, 4) is 0 Å². The number of aliphatic carboxylic acids is 1. The number of carbonyl (C=O) groups is 1. The average Bonchev–Trinajstić information content (AvgIpc) is 2.94. The Morgan fingerprint density at radius 1 is 1.29 bits per heavy atom. The highest BCUT2D eigenvalue weighted by molar-refractivity contribution is 5.86.